The molecule has 1 heterocycles. The third kappa shape index (κ3) is 3.97. The van der Waals surface area contributed by atoms with E-state index in [0.29, 0.717) is 22.8 Å². The van der Waals surface area contributed by atoms with Crippen LogP contribution in [0.5, 0.6) is 5.75 Å². The number of methoxy groups -OCH3 is 1. The van der Waals surface area contributed by atoms with E-state index in [2.05, 4.69) is 15.3 Å². The van der Waals surface area contributed by atoms with Gasteiger partial charge in [-0.05, 0) is 36.5 Å². The minimum atomic E-state index is 0.136. The van der Waals surface area contributed by atoms with Gasteiger partial charge in [0, 0.05) is 11.1 Å². The number of thiocarbonyl (C=S) groups is 1. The van der Waals surface area contributed by atoms with E-state index in [1.54, 1.807) is 7.11 Å². The molecule has 0 aliphatic rings. The maximum atomic E-state index is 6.00. The largest absolute Gasteiger partial charge is 0.497 e. The van der Waals surface area contributed by atoms with E-state index in [1.165, 1.54) is 4.68 Å². The SMILES string of the molecule is COc1ccc(N=Nc2c(-c3ccccc3)nn(C(N)=S)c2-c2ccccc2)cc1. The molecule has 0 unspecified atom stereocenters. The summed E-state index contributed by atoms with van der Waals surface area (Å²) < 4.78 is 6.74. The second kappa shape index (κ2) is 8.67. The van der Waals surface area contributed by atoms with Crippen LogP contribution in [0.15, 0.2) is 95.2 Å². The van der Waals surface area contributed by atoms with Gasteiger partial charge in [-0.15, -0.1) is 5.11 Å². The number of hydrogen-bond acceptors (Lipinski definition) is 5. The average Bonchev–Trinajstić information content (AvgIpc) is 3.19. The first-order valence-electron chi connectivity index (χ1n) is 9.27. The molecule has 7 heteroatoms. The first-order valence-corrected chi connectivity index (χ1v) is 9.67. The Morgan fingerprint density at radius 1 is 0.867 bits per heavy atom. The zero-order valence-electron chi connectivity index (χ0n) is 16.3. The zero-order chi connectivity index (χ0) is 20.9. The fraction of sp³-hybridized carbons (Fsp3) is 0.0435. The van der Waals surface area contributed by atoms with E-state index in [4.69, 9.17) is 22.7 Å². The lowest BCUT2D eigenvalue weighted by molar-refractivity contribution is 0.415. The summed E-state index contributed by atoms with van der Waals surface area (Å²) in [4.78, 5) is 0. The first kappa shape index (κ1) is 19.5. The number of azo groups is 1. The van der Waals surface area contributed by atoms with Gasteiger partial charge in [0.05, 0.1) is 12.8 Å². The van der Waals surface area contributed by atoms with Gasteiger partial charge in [0.25, 0.3) is 0 Å². The highest BCUT2D eigenvalue weighted by atomic mass is 32.1. The lowest BCUT2D eigenvalue weighted by Crippen LogP contribution is -2.21. The van der Waals surface area contributed by atoms with Crippen molar-refractivity contribution in [1.82, 2.24) is 9.78 Å². The molecule has 30 heavy (non-hydrogen) atoms. The normalized spacial score (nSPS) is 11.0. The number of nitrogens with zero attached hydrogens (tertiary/aromatic N) is 4. The van der Waals surface area contributed by atoms with Crippen molar-refractivity contribution in [3.63, 3.8) is 0 Å². The minimum Gasteiger partial charge on any atom is -0.497 e. The van der Waals surface area contributed by atoms with Crippen LogP contribution in [0.4, 0.5) is 11.4 Å². The van der Waals surface area contributed by atoms with Crippen molar-refractivity contribution in [2.75, 3.05) is 7.11 Å². The molecule has 0 bridgehead atoms. The summed E-state index contributed by atoms with van der Waals surface area (Å²) in [5, 5.41) is 13.8. The number of benzene rings is 3. The molecule has 0 radical (unpaired) electrons. The molecule has 0 atom stereocenters. The number of ether oxygens (including phenoxy) is 1. The molecule has 0 aliphatic carbocycles. The van der Waals surface area contributed by atoms with E-state index in [0.717, 1.165) is 16.9 Å². The van der Waals surface area contributed by atoms with Gasteiger partial charge in [0.2, 0.25) is 0 Å². The topological polar surface area (TPSA) is 77.8 Å². The summed E-state index contributed by atoms with van der Waals surface area (Å²) in [6.45, 7) is 0. The second-order valence-corrected chi connectivity index (χ2v) is 6.84. The molecule has 0 saturated carbocycles. The monoisotopic (exact) mass is 413 g/mol. The summed E-state index contributed by atoms with van der Waals surface area (Å²) in [7, 11) is 1.62. The number of hydrogen-bond donors (Lipinski definition) is 1. The fourth-order valence-electron chi connectivity index (χ4n) is 3.07. The van der Waals surface area contributed by atoms with Crippen molar-refractivity contribution < 1.29 is 4.74 Å². The fourth-order valence-corrected chi connectivity index (χ4v) is 3.20. The predicted molar refractivity (Wildman–Crippen MR) is 122 cm³/mol. The van der Waals surface area contributed by atoms with Crippen LogP contribution in [0.1, 0.15) is 0 Å². The van der Waals surface area contributed by atoms with Gasteiger partial charge < -0.3 is 10.5 Å². The predicted octanol–water partition coefficient (Wildman–Crippen LogP) is 5.73. The Hall–Kier alpha value is -3.84. The minimum absolute atomic E-state index is 0.136. The van der Waals surface area contributed by atoms with Crippen LogP contribution in [-0.2, 0) is 0 Å². The van der Waals surface area contributed by atoms with E-state index in [-0.39, 0.29) is 5.11 Å². The van der Waals surface area contributed by atoms with E-state index >= 15 is 0 Å². The molecule has 2 N–H and O–H groups in total. The van der Waals surface area contributed by atoms with Crippen molar-refractivity contribution in [2.45, 2.75) is 0 Å². The van der Waals surface area contributed by atoms with Gasteiger partial charge in [0.1, 0.15) is 22.8 Å². The smallest absolute Gasteiger partial charge is 0.191 e. The van der Waals surface area contributed by atoms with Crippen LogP contribution < -0.4 is 10.5 Å². The van der Waals surface area contributed by atoms with Gasteiger partial charge in [-0.1, -0.05) is 60.7 Å². The molecular formula is C23H19N5OS. The maximum Gasteiger partial charge on any atom is 0.191 e. The lowest BCUT2D eigenvalue weighted by Gasteiger charge is -2.06. The molecular weight excluding hydrogens is 394 g/mol. The quantitative estimate of drug-likeness (QED) is 0.335. The molecule has 0 saturated heterocycles. The standard InChI is InChI=1S/C23H19N5OS/c1-29-19-14-12-18(13-15-19)25-26-21-20(16-8-4-2-5-9-16)27-28(23(24)30)22(21)17-10-6-3-7-11-17/h2-15H,1H3,(H2,24,30). The Morgan fingerprint density at radius 2 is 1.47 bits per heavy atom. The van der Waals surface area contributed by atoms with Crippen molar-refractivity contribution >= 4 is 28.7 Å². The first-order chi connectivity index (χ1) is 14.7. The molecule has 4 aromatic rings. The highest BCUT2D eigenvalue weighted by Gasteiger charge is 2.22. The number of rotatable bonds is 5. The van der Waals surface area contributed by atoms with E-state index in [1.807, 2.05) is 84.9 Å². The van der Waals surface area contributed by atoms with E-state index < -0.39 is 0 Å². The maximum absolute atomic E-state index is 6.00. The summed E-state index contributed by atoms with van der Waals surface area (Å²) in [6, 6.07) is 26.9. The zero-order valence-corrected chi connectivity index (χ0v) is 17.1. The second-order valence-electron chi connectivity index (χ2n) is 6.43. The Morgan fingerprint density at radius 3 is 2.03 bits per heavy atom. The Balaban J connectivity index is 1.91. The molecule has 6 nitrogen and oxygen atoms in total. The Bertz CT molecular complexity index is 1190. The van der Waals surface area contributed by atoms with Crippen LogP contribution in [0.2, 0.25) is 0 Å². The van der Waals surface area contributed by atoms with Gasteiger partial charge in [-0.25, -0.2) is 4.68 Å². The van der Waals surface area contributed by atoms with Crippen LogP contribution in [0.25, 0.3) is 22.5 Å². The molecule has 0 spiro atoms. The molecule has 1 aromatic heterocycles. The van der Waals surface area contributed by atoms with Gasteiger partial charge >= 0.3 is 0 Å². The molecule has 3 aromatic carbocycles. The third-order valence-electron chi connectivity index (χ3n) is 4.50. The summed E-state index contributed by atoms with van der Waals surface area (Å²) in [5.41, 5.74) is 10.4. The van der Waals surface area contributed by atoms with Crippen LogP contribution >= 0.6 is 12.2 Å². The van der Waals surface area contributed by atoms with Crippen molar-refractivity contribution in [2.24, 2.45) is 16.0 Å². The molecule has 0 aliphatic heterocycles. The number of nitrogens with two attached hydrogens (primary N) is 1. The van der Waals surface area contributed by atoms with Gasteiger partial charge in [-0.3, -0.25) is 0 Å². The molecule has 4 rings (SSSR count). The van der Waals surface area contributed by atoms with Crippen LogP contribution in [-0.4, -0.2) is 22.0 Å². The van der Waals surface area contributed by atoms with E-state index in [9.17, 15) is 0 Å². The highest BCUT2D eigenvalue weighted by molar-refractivity contribution is 7.80. The van der Waals surface area contributed by atoms with Crippen LogP contribution in [0, 0.1) is 0 Å². The molecule has 148 valence electrons. The van der Waals surface area contributed by atoms with Crippen molar-refractivity contribution in [1.29, 1.82) is 0 Å². The highest BCUT2D eigenvalue weighted by Crippen LogP contribution is 2.40. The Kier molecular flexibility index (Phi) is 5.63. The summed E-state index contributed by atoms with van der Waals surface area (Å²) in [5.74, 6) is 0.755. The number of aromatic nitrogens is 2. The molecule has 0 amide bonds. The Labute approximate surface area is 179 Å². The summed E-state index contributed by atoms with van der Waals surface area (Å²) in [6.07, 6.45) is 0. The van der Waals surface area contributed by atoms with Gasteiger partial charge in [0.15, 0.2) is 5.11 Å². The average molecular weight is 414 g/mol. The third-order valence-corrected chi connectivity index (χ3v) is 4.67. The van der Waals surface area contributed by atoms with Gasteiger partial charge in [-0.2, -0.15) is 10.2 Å². The van der Waals surface area contributed by atoms with Crippen LogP contribution in [0.3, 0.4) is 0 Å². The van der Waals surface area contributed by atoms with Crippen molar-refractivity contribution in [3.05, 3.63) is 84.9 Å². The summed E-state index contributed by atoms with van der Waals surface area (Å²) >= 11 is 5.27. The van der Waals surface area contributed by atoms with Crippen molar-refractivity contribution in [3.8, 4) is 28.3 Å². The molecule has 0 fully saturated rings. The lowest BCUT2D eigenvalue weighted by atomic mass is 10.1.